The van der Waals surface area contributed by atoms with E-state index < -0.39 is 35.3 Å². The smallest absolute Gasteiger partial charge is 0.327 e. The van der Waals surface area contributed by atoms with Crippen molar-refractivity contribution in [2.45, 2.75) is 136 Å². The van der Waals surface area contributed by atoms with Gasteiger partial charge in [-0.25, -0.2) is 0 Å². The molecule has 0 saturated carbocycles. The molecule has 0 aliphatic rings. The molecule has 0 aromatic heterocycles. The van der Waals surface area contributed by atoms with E-state index in [9.17, 15) is 24.7 Å². The van der Waals surface area contributed by atoms with Crippen molar-refractivity contribution in [1.29, 1.82) is 0 Å². The molecule has 2 rings (SSSR count). The number of para-hydroxylation sites is 1. The minimum Gasteiger partial charge on any atom is -0.485 e. The van der Waals surface area contributed by atoms with Gasteiger partial charge in [-0.3, -0.25) is 0 Å². The molecule has 1 atom stereocenters. The highest BCUT2D eigenvalue weighted by atomic mass is 31.2. The number of hydrogen-bond donors (Lipinski definition) is 5. The van der Waals surface area contributed by atoms with Crippen molar-refractivity contribution in [2.24, 2.45) is 5.41 Å². The van der Waals surface area contributed by atoms with Gasteiger partial charge in [0.25, 0.3) is 0 Å². The summed E-state index contributed by atoms with van der Waals surface area (Å²) in [4.78, 5) is 38.8. The van der Waals surface area contributed by atoms with Gasteiger partial charge < -0.3 is 38.5 Å². The van der Waals surface area contributed by atoms with E-state index in [0.717, 1.165) is 55.2 Å². The topological polar surface area (TPSA) is 129 Å². The van der Waals surface area contributed by atoms with E-state index in [1.807, 2.05) is 36.4 Å². The van der Waals surface area contributed by atoms with Crippen LogP contribution in [0.2, 0.25) is 0 Å². The zero-order chi connectivity index (χ0) is 34.2. The second kappa shape index (κ2) is 25.7. The van der Waals surface area contributed by atoms with Crippen LogP contribution >= 0.6 is 17.2 Å². The molecule has 0 saturated heterocycles. The Morgan fingerprint density at radius 2 is 1.00 bits per heavy atom. The average molecular weight is 697 g/mol. The zero-order valence-electron chi connectivity index (χ0n) is 28.9. The lowest BCUT2D eigenvalue weighted by molar-refractivity contribution is -0.0659. The van der Waals surface area contributed by atoms with Gasteiger partial charge in [-0.05, 0) is 48.4 Å². The monoisotopic (exact) mass is 696 g/mol. The molecule has 0 radical (unpaired) electrons. The fourth-order valence-electron chi connectivity index (χ4n) is 6.13. The Bertz CT molecular complexity index is 1040. The molecule has 0 aliphatic carbocycles. The maximum absolute atomic E-state index is 10.9. The Morgan fingerprint density at radius 1 is 0.574 bits per heavy atom. The van der Waals surface area contributed by atoms with E-state index in [4.69, 9.17) is 13.8 Å². The summed E-state index contributed by atoms with van der Waals surface area (Å²) < 4.78 is 17.5. The molecule has 8 nitrogen and oxygen atoms in total. The van der Waals surface area contributed by atoms with Crippen molar-refractivity contribution in [1.82, 2.24) is 0 Å². The summed E-state index contributed by atoms with van der Waals surface area (Å²) in [6, 6.07) is 15.9. The normalized spacial score (nSPS) is 12.7. The minimum absolute atomic E-state index is 0.331. The van der Waals surface area contributed by atoms with E-state index in [0.29, 0.717) is 5.75 Å². The second-order valence-electron chi connectivity index (χ2n) is 12.8. The van der Waals surface area contributed by atoms with Gasteiger partial charge in [-0.2, -0.15) is 0 Å². The molecule has 5 N–H and O–H groups in total. The van der Waals surface area contributed by atoms with Crippen LogP contribution in [0.4, 0.5) is 0 Å². The first kappa shape index (κ1) is 42.0. The highest BCUT2D eigenvalue weighted by Gasteiger charge is 2.45. The highest BCUT2D eigenvalue weighted by molar-refractivity contribution is 7.39. The van der Waals surface area contributed by atoms with E-state index in [1.165, 1.54) is 77.0 Å². The van der Waals surface area contributed by atoms with Gasteiger partial charge in [0.15, 0.2) is 0 Å². The molecule has 0 spiro atoms. The van der Waals surface area contributed by atoms with Crippen molar-refractivity contribution in [3.05, 3.63) is 65.2 Å². The molecule has 0 heterocycles. The van der Waals surface area contributed by atoms with E-state index >= 15 is 0 Å². The van der Waals surface area contributed by atoms with E-state index in [1.54, 1.807) is 0 Å². The van der Waals surface area contributed by atoms with Crippen molar-refractivity contribution >= 4 is 17.2 Å². The predicted molar refractivity (Wildman–Crippen MR) is 193 cm³/mol. The van der Waals surface area contributed by atoms with Gasteiger partial charge in [0.2, 0.25) is 0 Å². The average Bonchev–Trinajstić information content (AvgIpc) is 3.07. The largest absolute Gasteiger partial charge is 0.485 e. The summed E-state index contributed by atoms with van der Waals surface area (Å²) >= 11 is 0. The fraction of sp³-hybridized carbons (Fsp3) is 0.676. The van der Waals surface area contributed by atoms with Gasteiger partial charge >= 0.3 is 17.2 Å². The molecule has 0 bridgehead atoms. The molecule has 0 aliphatic heterocycles. The second-order valence-corrected chi connectivity index (χ2v) is 14.4. The molecule has 0 fully saturated rings. The number of aryl methyl sites for hydroxylation is 2. The van der Waals surface area contributed by atoms with Crippen LogP contribution in [0.3, 0.4) is 0 Å². The first-order chi connectivity index (χ1) is 22.9. The molecule has 2 aromatic rings. The lowest BCUT2D eigenvalue weighted by Crippen LogP contribution is -2.44. The summed E-state index contributed by atoms with van der Waals surface area (Å²) in [5.74, 6) is 0.672. The summed E-state index contributed by atoms with van der Waals surface area (Å²) in [5, 5.41) is 10.9. The third-order valence-corrected chi connectivity index (χ3v) is 9.68. The standard InChI is InChI=1S/C37H62O8P2/c1-3-5-7-9-11-13-15-17-23-32-24-19-21-27-34(32)36(37(29-38,30-43-46(39)40)31-44-47(41)42)45-35-28-22-20-26-33(35)25-18-16-14-12-10-8-6-4-2/h19-22,24,26-28,36,38-42H,3-18,23,25,29-31H2,1-2H3. The Morgan fingerprint density at radius 3 is 1.49 bits per heavy atom. The maximum atomic E-state index is 10.9. The molecule has 10 heteroatoms. The third-order valence-electron chi connectivity index (χ3n) is 8.96. The van der Waals surface area contributed by atoms with Gasteiger partial charge in [0.1, 0.15) is 11.9 Å². The number of rotatable bonds is 29. The molecule has 1 unspecified atom stereocenters. The van der Waals surface area contributed by atoms with Gasteiger partial charge in [0, 0.05) is 0 Å². The van der Waals surface area contributed by atoms with Crippen LogP contribution in [0, 0.1) is 5.41 Å². The van der Waals surface area contributed by atoms with Gasteiger partial charge in [0.05, 0.1) is 25.2 Å². The van der Waals surface area contributed by atoms with Crippen molar-refractivity contribution in [3.8, 4) is 5.75 Å². The van der Waals surface area contributed by atoms with Crippen LogP contribution in [-0.4, -0.2) is 44.5 Å². The van der Waals surface area contributed by atoms with Crippen LogP contribution < -0.4 is 4.74 Å². The predicted octanol–water partition coefficient (Wildman–Crippen LogP) is 9.61. The molecular formula is C37H62O8P2. The van der Waals surface area contributed by atoms with Crippen molar-refractivity contribution < 1.29 is 38.5 Å². The third kappa shape index (κ3) is 16.9. The van der Waals surface area contributed by atoms with Crippen LogP contribution in [0.25, 0.3) is 0 Å². The fourth-order valence-corrected chi connectivity index (χ4v) is 6.87. The minimum atomic E-state index is -2.74. The summed E-state index contributed by atoms with van der Waals surface area (Å²) in [6.45, 7) is 3.28. The Kier molecular flexibility index (Phi) is 23.0. The molecule has 2 aromatic carbocycles. The quantitative estimate of drug-likeness (QED) is 0.0420. The maximum Gasteiger partial charge on any atom is 0.327 e. The summed E-state index contributed by atoms with van der Waals surface area (Å²) in [7, 11) is -5.48. The molecule has 0 amide bonds. The SMILES string of the molecule is CCCCCCCCCCc1ccccc1OC(c1ccccc1CCCCCCCCCC)C(CO)(COP(O)O)COP(O)O. The van der Waals surface area contributed by atoms with E-state index in [-0.39, 0.29) is 13.2 Å². The number of aliphatic hydroxyl groups is 1. The zero-order valence-corrected chi connectivity index (χ0v) is 30.7. The number of aliphatic hydroxyl groups excluding tert-OH is 1. The first-order valence-electron chi connectivity index (χ1n) is 17.9. The number of ether oxygens (including phenoxy) is 1. The van der Waals surface area contributed by atoms with Crippen LogP contribution in [0.1, 0.15) is 139 Å². The van der Waals surface area contributed by atoms with E-state index in [2.05, 4.69) is 26.0 Å². The van der Waals surface area contributed by atoms with Gasteiger partial charge in [-0.15, -0.1) is 0 Å². The summed E-state index contributed by atoms with van der Waals surface area (Å²) in [6.07, 6.45) is 20.2. The van der Waals surface area contributed by atoms with Gasteiger partial charge in [-0.1, -0.05) is 146 Å². The highest BCUT2D eigenvalue weighted by Crippen LogP contribution is 2.45. The first-order valence-corrected chi connectivity index (χ1v) is 20.2. The number of hydrogen-bond acceptors (Lipinski definition) is 8. The Balaban J connectivity index is 2.34. The summed E-state index contributed by atoms with van der Waals surface area (Å²) in [5.41, 5.74) is 1.57. The number of unbranched alkanes of at least 4 members (excludes halogenated alkanes) is 14. The molecule has 268 valence electrons. The van der Waals surface area contributed by atoms with Crippen LogP contribution in [0.5, 0.6) is 5.75 Å². The van der Waals surface area contributed by atoms with Crippen LogP contribution in [0.15, 0.2) is 48.5 Å². The van der Waals surface area contributed by atoms with Crippen molar-refractivity contribution in [3.63, 3.8) is 0 Å². The lowest BCUT2D eigenvalue weighted by Gasteiger charge is -2.40. The van der Waals surface area contributed by atoms with Crippen LogP contribution in [-0.2, 0) is 21.9 Å². The molecular weight excluding hydrogens is 634 g/mol. The Labute approximate surface area is 286 Å². The number of benzene rings is 2. The Hall–Kier alpha value is -1.18. The van der Waals surface area contributed by atoms with Crippen molar-refractivity contribution in [2.75, 3.05) is 19.8 Å². The lowest BCUT2D eigenvalue weighted by atomic mass is 9.78. The molecule has 47 heavy (non-hydrogen) atoms.